The normalized spacial score (nSPS) is 12.1. The van der Waals surface area contributed by atoms with E-state index < -0.39 is 0 Å². The Morgan fingerprint density at radius 2 is 1.60 bits per heavy atom. The Hall–Kier alpha value is -4.47. The second kappa shape index (κ2) is 11.4. The molecule has 0 spiro atoms. The predicted octanol–water partition coefficient (Wildman–Crippen LogP) is 7.87. The Balaban J connectivity index is 0.00000115. The van der Waals surface area contributed by atoms with Crippen molar-refractivity contribution in [1.29, 1.82) is 0 Å². The number of carbonyl (C=O) groups excluding carboxylic acids is 2. The van der Waals surface area contributed by atoms with Crippen molar-refractivity contribution in [1.82, 2.24) is 9.97 Å². The van der Waals surface area contributed by atoms with Gasteiger partial charge in [-0.1, -0.05) is 7.43 Å². The van der Waals surface area contributed by atoms with Crippen LogP contribution in [0.5, 0.6) is 5.75 Å². The first-order chi connectivity index (χ1) is 19.9. The fourth-order valence-electron chi connectivity index (χ4n) is 5.55. The molecule has 0 saturated heterocycles. The van der Waals surface area contributed by atoms with Crippen molar-refractivity contribution < 1.29 is 14.7 Å². The molecule has 0 unspecified atom stereocenters. The van der Waals surface area contributed by atoms with Gasteiger partial charge in [-0.05, 0) is 78.4 Å². The fraction of sp³-hybridized carbons (Fsp3) is 0.188. The summed E-state index contributed by atoms with van der Waals surface area (Å²) in [5, 5.41) is 21.5. The van der Waals surface area contributed by atoms with Gasteiger partial charge in [-0.25, -0.2) is 0 Å². The molecule has 0 saturated carbocycles. The Bertz CT molecular complexity index is 1970. The van der Waals surface area contributed by atoms with Gasteiger partial charge in [0.1, 0.15) is 17.1 Å². The molecule has 0 fully saturated rings. The van der Waals surface area contributed by atoms with Crippen molar-refractivity contribution >= 4 is 83.7 Å². The van der Waals surface area contributed by atoms with Gasteiger partial charge in [0.15, 0.2) is 0 Å². The van der Waals surface area contributed by atoms with Gasteiger partial charge in [-0.2, -0.15) is 0 Å². The summed E-state index contributed by atoms with van der Waals surface area (Å²) in [5.74, 6) is -0.191. The summed E-state index contributed by atoms with van der Waals surface area (Å²) in [6, 6.07) is 16.7. The van der Waals surface area contributed by atoms with E-state index in [1.807, 2.05) is 67.9 Å². The minimum Gasteiger partial charge on any atom is -0.506 e. The molecule has 4 heterocycles. The summed E-state index contributed by atoms with van der Waals surface area (Å²) in [7, 11) is 1.86. The molecule has 10 heteroatoms. The summed E-state index contributed by atoms with van der Waals surface area (Å²) in [5.41, 5.74) is 7.20. The lowest BCUT2D eigenvalue weighted by Gasteiger charge is -2.17. The standard InChI is InChI=1S/C30H25N5O3S.CH3Cl.CH4/c1-15-14-39-28-26(36)13-25-20(27(15)28)7-8-35(25)30(38)24-12-17-10-19(4-6-22(17)34-24)32-29(37)23-11-16-9-18(31-2)3-5-21(16)33-23;1-2;/h3-6,9-14,31,33-34,36H,7-8H2,1-2H3,(H,32,37);1H3;1H4. The van der Waals surface area contributed by atoms with E-state index in [-0.39, 0.29) is 25.0 Å². The maximum atomic E-state index is 13.6. The summed E-state index contributed by atoms with van der Waals surface area (Å²) in [4.78, 5) is 34.6. The summed E-state index contributed by atoms with van der Waals surface area (Å²) < 4.78 is 0.871. The van der Waals surface area contributed by atoms with Crippen LogP contribution in [0.15, 0.2) is 60.0 Å². The number of hydrogen-bond donors (Lipinski definition) is 5. The van der Waals surface area contributed by atoms with E-state index in [1.54, 1.807) is 11.0 Å². The van der Waals surface area contributed by atoms with Gasteiger partial charge in [0, 0.05) is 64.6 Å². The molecule has 216 valence electrons. The predicted molar refractivity (Wildman–Crippen MR) is 176 cm³/mol. The fourth-order valence-corrected chi connectivity index (χ4v) is 6.54. The van der Waals surface area contributed by atoms with Crippen molar-refractivity contribution in [3.8, 4) is 5.75 Å². The van der Waals surface area contributed by atoms with Crippen molar-refractivity contribution in [2.45, 2.75) is 20.8 Å². The minimum atomic E-state index is -0.244. The van der Waals surface area contributed by atoms with Gasteiger partial charge in [0.2, 0.25) is 0 Å². The molecule has 2 amide bonds. The lowest BCUT2D eigenvalue weighted by Crippen LogP contribution is -2.29. The number of amides is 2. The number of aromatic nitrogens is 2. The highest BCUT2D eigenvalue weighted by molar-refractivity contribution is 7.17. The van der Waals surface area contributed by atoms with Crippen LogP contribution in [-0.2, 0) is 6.42 Å². The minimum absolute atomic E-state index is 0. The zero-order valence-electron chi connectivity index (χ0n) is 22.7. The van der Waals surface area contributed by atoms with E-state index in [0.717, 1.165) is 60.8 Å². The molecule has 1 aliphatic heterocycles. The maximum absolute atomic E-state index is 13.6. The molecular weight excluding hydrogens is 570 g/mol. The van der Waals surface area contributed by atoms with Crippen LogP contribution in [0.2, 0.25) is 0 Å². The number of aryl methyl sites for hydroxylation is 1. The largest absolute Gasteiger partial charge is 0.506 e. The Kier molecular flexibility index (Phi) is 7.90. The Labute approximate surface area is 252 Å². The number of benzene rings is 3. The van der Waals surface area contributed by atoms with Gasteiger partial charge in [0.05, 0.1) is 10.4 Å². The van der Waals surface area contributed by atoms with Crippen LogP contribution in [0.3, 0.4) is 0 Å². The number of carbonyl (C=O) groups is 2. The third-order valence-electron chi connectivity index (χ3n) is 7.48. The van der Waals surface area contributed by atoms with Gasteiger partial charge in [0.25, 0.3) is 11.8 Å². The number of phenols is 1. The maximum Gasteiger partial charge on any atom is 0.274 e. The number of fused-ring (bicyclic) bond motifs is 5. The average Bonchev–Trinajstić information content (AvgIpc) is 3.77. The summed E-state index contributed by atoms with van der Waals surface area (Å²) in [6.07, 6.45) is 2.22. The van der Waals surface area contributed by atoms with Crippen LogP contribution < -0.4 is 15.5 Å². The highest BCUT2D eigenvalue weighted by Gasteiger charge is 2.30. The lowest BCUT2D eigenvalue weighted by atomic mass is 10.0. The van der Waals surface area contributed by atoms with Crippen LogP contribution in [0, 0.1) is 6.92 Å². The van der Waals surface area contributed by atoms with E-state index in [9.17, 15) is 14.7 Å². The van der Waals surface area contributed by atoms with Crippen molar-refractivity contribution in [3.63, 3.8) is 0 Å². The number of nitrogens with zero attached hydrogens (tertiary/aromatic N) is 1. The number of hydrogen-bond acceptors (Lipinski definition) is 5. The molecule has 0 radical (unpaired) electrons. The number of nitrogens with one attached hydrogen (secondary N) is 4. The second-order valence-corrected chi connectivity index (χ2v) is 10.8. The molecule has 1 aliphatic rings. The Morgan fingerprint density at radius 3 is 2.31 bits per heavy atom. The molecule has 0 aliphatic carbocycles. The van der Waals surface area contributed by atoms with Crippen molar-refractivity contribution in [2.24, 2.45) is 0 Å². The monoisotopic (exact) mass is 601 g/mol. The van der Waals surface area contributed by atoms with E-state index in [4.69, 9.17) is 0 Å². The van der Waals surface area contributed by atoms with E-state index in [1.165, 1.54) is 17.7 Å². The third kappa shape index (κ3) is 4.84. The number of thiophene rings is 1. The molecule has 5 N–H and O–H groups in total. The molecule has 0 atom stereocenters. The topological polar surface area (TPSA) is 113 Å². The quantitative estimate of drug-likeness (QED) is 0.132. The number of phenolic OH excluding ortho intramolecular Hbond substituents is 1. The number of halogens is 1. The van der Waals surface area contributed by atoms with E-state index in [0.29, 0.717) is 23.6 Å². The highest BCUT2D eigenvalue weighted by Crippen LogP contribution is 2.44. The zero-order chi connectivity index (χ0) is 28.8. The van der Waals surface area contributed by atoms with Gasteiger partial charge in [-0.15, -0.1) is 22.9 Å². The number of rotatable bonds is 4. The van der Waals surface area contributed by atoms with Gasteiger partial charge >= 0.3 is 0 Å². The zero-order valence-corrected chi connectivity index (χ0v) is 24.3. The molecule has 0 bridgehead atoms. The first kappa shape index (κ1) is 29.0. The molecule has 8 nitrogen and oxygen atoms in total. The number of aromatic amines is 2. The number of H-pyrrole nitrogens is 2. The highest BCUT2D eigenvalue weighted by atomic mass is 35.5. The number of aromatic hydroxyl groups is 1. The first-order valence-corrected chi connectivity index (χ1v) is 14.7. The lowest BCUT2D eigenvalue weighted by molar-refractivity contribution is 0.0983. The molecule has 6 aromatic rings. The second-order valence-electron chi connectivity index (χ2n) is 9.90. The van der Waals surface area contributed by atoms with Gasteiger partial charge in [-0.3, -0.25) is 9.59 Å². The summed E-state index contributed by atoms with van der Waals surface area (Å²) >= 11 is 6.17. The van der Waals surface area contributed by atoms with Crippen molar-refractivity contribution in [3.05, 3.63) is 82.5 Å². The van der Waals surface area contributed by atoms with E-state index in [2.05, 4.69) is 32.2 Å². The smallest absolute Gasteiger partial charge is 0.274 e. The van der Waals surface area contributed by atoms with Crippen molar-refractivity contribution in [2.75, 3.05) is 35.5 Å². The first-order valence-electron chi connectivity index (χ1n) is 13.1. The summed E-state index contributed by atoms with van der Waals surface area (Å²) in [6.45, 7) is 2.59. The molecule has 7 rings (SSSR count). The molecular formula is C32H32ClN5O3S. The van der Waals surface area contributed by atoms with Crippen LogP contribution >= 0.6 is 22.9 Å². The van der Waals surface area contributed by atoms with Gasteiger partial charge < -0.3 is 30.6 Å². The molecule has 3 aromatic carbocycles. The van der Waals surface area contributed by atoms with Crippen LogP contribution in [0.4, 0.5) is 17.1 Å². The SMILES string of the molecule is C.CCl.CNc1ccc2[nH]c(C(=O)Nc3ccc4[nH]c(C(=O)N5CCc6c5cc(O)c5scc(C)c65)cc4c3)cc2c1. The van der Waals surface area contributed by atoms with E-state index >= 15 is 0 Å². The molecule has 3 aromatic heterocycles. The average molecular weight is 602 g/mol. The van der Waals surface area contributed by atoms with Crippen LogP contribution in [0.25, 0.3) is 31.9 Å². The van der Waals surface area contributed by atoms with Crippen LogP contribution in [0.1, 0.15) is 39.5 Å². The van der Waals surface area contributed by atoms with Crippen LogP contribution in [-0.4, -0.2) is 46.9 Å². The third-order valence-corrected chi connectivity index (χ3v) is 8.60. The number of alkyl halides is 1. The number of anilines is 3. The molecule has 42 heavy (non-hydrogen) atoms. The Morgan fingerprint density at radius 1 is 0.952 bits per heavy atom.